The van der Waals surface area contributed by atoms with E-state index in [1.807, 2.05) is 24.3 Å². The molecule has 0 aliphatic carbocycles. The maximum absolute atomic E-state index is 14.0. The van der Waals surface area contributed by atoms with Gasteiger partial charge in [0.25, 0.3) is 0 Å². The first kappa shape index (κ1) is 24.3. The largest absolute Gasteiger partial charge is 0.492 e. The van der Waals surface area contributed by atoms with Gasteiger partial charge < -0.3 is 9.47 Å². The van der Waals surface area contributed by atoms with Crippen molar-refractivity contribution in [1.82, 2.24) is 14.9 Å². The summed E-state index contributed by atoms with van der Waals surface area (Å²) in [5.41, 5.74) is 4.07. The van der Waals surface area contributed by atoms with Crippen molar-refractivity contribution < 1.29 is 23.1 Å². The fourth-order valence-electron chi connectivity index (χ4n) is 3.49. The number of rotatable bonds is 9. The average Bonchev–Trinajstić information content (AvgIpc) is 2.87. The molecular formula is C24H25ClF2N4O3. The van der Waals surface area contributed by atoms with E-state index in [0.717, 1.165) is 56.3 Å². The maximum atomic E-state index is 14.0. The molecule has 1 aliphatic rings. The van der Waals surface area contributed by atoms with Gasteiger partial charge in [0.15, 0.2) is 5.82 Å². The first-order chi connectivity index (χ1) is 16.5. The highest BCUT2D eigenvalue weighted by Gasteiger charge is 2.19. The summed E-state index contributed by atoms with van der Waals surface area (Å²) in [5.74, 6) is -0.276. The van der Waals surface area contributed by atoms with E-state index in [-0.39, 0.29) is 10.6 Å². The van der Waals surface area contributed by atoms with Crippen molar-refractivity contribution in [2.24, 2.45) is 0 Å². The molecule has 4 rings (SSSR count). The Kier molecular flexibility index (Phi) is 8.23. The van der Waals surface area contributed by atoms with Crippen LogP contribution in [0, 0.1) is 11.6 Å². The van der Waals surface area contributed by atoms with Crippen molar-refractivity contribution in [2.45, 2.75) is 13.0 Å². The minimum atomic E-state index is -0.861. The van der Waals surface area contributed by atoms with Gasteiger partial charge in [-0.3, -0.25) is 14.7 Å². The van der Waals surface area contributed by atoms with E-state index >= 15 is 0 Å². The van der Waals surface area contributed by atoms with Gasteiger partial charge in [0.2, 0.25) is 0 Å². The summed E-state index contributed by atoms with van der Waals surface area (Å²) >= 11 is 5.87. The van der Waals surface area contributed by atoms with Crippen molar-refractivity contribution in [1.29, 1.82) is 0 Å². The molecule has 0 radical (unpaired) electrons. The first-order valence-electron chi connectivity index (χ1n) is 10.9. The van der Waals surface area contributed by atoms with Crippen LogP contribution in [0.2, 0.25) is 5.02 Å². The Morgan fingerprint density at radius 2 is 1.79 bits per heavy atom. The van der Waals surface area contributed by atoms with Gasteiger partial charge in [-0.15, -0.1) is 0 Å². The third kappa shape index (κ3) is 6.18. The van der Waals surface area contributed by atoms with Crippen LogP contribution in [0.4, 0.5) is 14.6 Å². The van der Waals surface area contributed by atoms with Crippen LogP contribution in [0.25, 0.3) is 11.3 Å². The SMILES string of the molecule is CC(ONc1cnc(-c2ccc(OCCN3CCOCC3)cc2)cn1)c1c(F)ccc(F)c1Cl. The summed E-state index contributed by atoms with van der Waals surface area (Å²) in [4.78, 5) is 16.4. The molecule has 1 aromatic heterocycles. The Labute approximate surface area is 201 Å². The van der Waals surface area contributed by atoms with E-state index in [1.165, 1.54) is 6.20 Å². The molecule has 10 heteroatoms. The van der Waals surface area contributed by atoms with Crippen molar-refractivity contribution in [3.05, 3.63) is 71.0 Å². The molecule has 2 heterocycles. The second kappa shape index (κ2) is 11.5. The number of hydrogen-bond acceptors (Lipinski definition) is 7. The third-order valence-corrected chi connectivity index (χ3v) is 5.79. The normalized spacial score (nSPS) is 15.2. The van der Waals surface area contributed by atoms with Crippen LogP contribution in [-0.4, -0.2) is 54.3 Å². The second-order valence-electron chi connectivity index (χ2n) is 7.73. The number of morpholine rings is 1. The maximum Gasteiger partial charge on any atom is 0.168 e. The minimum absolute atomic E-state index is 0.0778. The van der Waals surface area contributed by atoms with Gasteiger partial charge in [0.1, 0.15) is 30.1 Å². The highest BCUT2D eigenvalue weighted by atomic mass is 35.5. The number of anilines is 1. The van der Waals surface area contributed by atoms with E-state index in [2.05, 4.69) is 20.3 Å². The standard InChI is InChI=1S/C24H25ClF2N4O3/c1-16(23-19(26)6-7-20(27)24(23)25)34-30-22-15-28-21(14-29-22)17-2-4-18(5-3-17)33-13-10-31-8-11-32-12-9-31/h2-7,14-16H,8-13H2,1H3,(H,29,30). The molecule has 34 heavy (non-hydrogen) atoms. The number of halogens is 3. The summed E-state index contributed by atoms with van der Waals surface area (Å²) < 4.78 is 38.8. The zero-order valence-corrected chi connectivity index (χ0v) is 19.4. The molecule has 7 nitrogen and oxygen atoms in total. The van der Waals surface area contributed by atoms with Crippen LogP contribution < -0.4 is 10.2 Å². The molecule has 0 spiro atoms. The van der Waals surface area contributed by atoms with Gasteiger partial charge in [-0.2, -0.15) is 0 Å². The lowest BCUT2D eigenvalue weighted by molar-refractivity contribution is 0.0322. The molecular weight excluding hydrogens is 466 g/mol. The van der Waals surface area contributed by atoms with Gasteiger partial charge in [-0.1, -0.05) is 11.6 Å². The topological polar surface area (TPSA) is 68.7 Å². The lowest BCUT2D eigenvalue weighted by atomic mass is 10.1. The minimum Gasteiger partial charge on any atom is -0.492 e. The molecule has 0 saturated carbocycles. The smallest absolute Gasteiger partial charge is 0.168 e. The molecule has 1 aliphatic heterocycles. The highest BCUT2D eigenvalue weighted by Crippen LogP contribution is 2.30. The quantitative estimate of drug-likeness (QED) is 0.338. The Morgan fingerprint density at radius 3 is 2.50 bits per heavy atom. The number of aromatic nitrogens is 2. The molecule has 0 amide bonds. The second-order valence-corrected chi connectivity index (χ2v) is 8.11. The summed E-state index contributed by atoms with van der Waals surface area (Å²) in [6, 6.07) is 9.58. The first-order valence-corrected chi connectivity index (χ1v) is 11.3. The van der Waals surface area contributed by atoms with Crippen molar-refractivity contribution in [2.75, 3.05) is 44.9 Å². The lowest BCUT2D eigenvalue weighted by Crippen LogP contribution is -2.38. The summed E-state index contributed by atoms with van der Waals surface area (Å²) in [5, 5.41) is -0.316. The molecule has 1 unspecified atom stereocenters. The van der Waals surface area contributed by atoms with Crippen LogP contribution in [0.5, 0.6) is 5.75 Å². The van der Waals surface area contributed by atoms with E-state index in [9.17, 15) is 8.78 Å². The third-order valence-electron chi connectivity index (χ3n) is 5.41. The Morgan fingerprint density at radius 1 is 1.06 bits per heavy atom. The van der Waals surface area contributed by atoms with Crippen LogP contribution in [0.3, 0.4) is 0 Å². The summed E-state index contributed by atoms with van der Waals surface area (Å²) in [6.07, 6.45) is 2.21. The van der Waals surface area contributed by atoms with Crippen LogP contribution >= 0.6 is 11.6 Å². The van der Waals surface area contributed by atoms with E-state index in [0.29, 0.717) is 18.1 Å². The number of ether oxygens (including phenoxy) is 2. The summed E-state index contributed by atoms with van der Waals surface area (Å²) in [6.45, 7) is 6.44. The predicted octanol–water partition coefficient (Wildman–Crippen LogP) is 4.89. The number of nitrogens with zero attached hydrogens (tertiary/aromatic N) is 3. The Bertz CT molecular complexity index is 1080. The van der Waals surface area contributed by atoms with Crippen LogP contribution in [-0.2, 0) is 9.57 Å². The molecule has 2 aromatic carbocycles. The number of nitrogens with one attached hydrogen (secondary N) is 1. The predicted molar refractivity (Wildman–Crippen MR) is 125 cm³/mol. The van der Waals surface area contributed by atoms with Crippen molar-refractivity contribution in [3.63, 3.8) is 0 Å². The van der Waals surface area contributed by atoms with E-state index in [4.69, 9.17) is 25.9 Å². The molecule has 0 bridgehead atoms. The van der Waals surface area contributed by atoms with E-state index < -0.39 is 17.7 Å². The van der Waals surface area contributed by atoms with Gasteiger partial charge in [-0.25, -0.2) is 19.2 Å². The van der Waals surface area contributed by atoms with Crippen LogP contribution in [0.15, 0.2) is 48.8 Å². The zero-order valence-electron chi connectivity index (χ0n) is 18.6. The highest BCUT2D eigenvalue weighted by molar-refractivity contribution is 6.31. The van der Waals surface area contributed by atoms with Gasteiger partial charge >= 0.3 is 0 Å². The average molecular weight is 491 g/mol. The molecule has 1 fully saturated rings. The lowest BCUT2D eigenvalue weighted by Gasteiger charge is -2.26. The number of benzene rings is 2. The molecule has 3 aromatic rings. The Hall–Kier alpha value is -2.85. The molecule has 180 valence electrons. The van der Waals surface area contributed by atoms with Gasteiger partial charge in [0.05, 0.1) is 36.3 Å². The summed E-state index contributed by atoms with van der Waals surface area (Å²) in [7, 11) is 0. The monoisotopic (exact) mass is 490 g/mol. The Balaban J connectivity index is 1.29. The zero-order chi connectivity index (χ0) is 23.9. The van der Waals surface area contributed by atoms with E-state index in [1.54, 1.807) is 13.1 Å². The fourth-order valence-corrected chi connectivity index (χ4v) is 3.80. The fraction of sp³-hybridized carbons (Fsp3) is 0.333. The van der Waals surface area contributed by atoms with Crippen LogP contribution in [0.1, 0.15) is 18.6 Å². The van der Waals surface area contributed by atoms with Gasteiger partial charge in [0, 0.05) is 30.8 Å². The molecule has 1 saturated heterocycles. The number of hydrogen-bond donors (Lipinski definition) is 1. The van der Waals surface area contributed by atoms with Crippen molar-refractivity contribution >= 4 is 17.4 Å². The van der Waals surface area contributed by atoms with Gasteiger partial charge in [-0.05, 0) is 43.3 Å². The molecule has 1 atom stereocenters. The van der Waals surface area contributed by atoms with Crippen molar-refractivity contribution in [3.8, 4) is 17.0 Å². The molecule has 1 N–H and O–H groups in total.